The van der Waals surface area contributed by atoms with Crippen molar-refractivity contribution in [2.24, 2.45) is 4.99 Å². The van der Waals surface area contributed by atoms with Crippen molar-refractivity contribution in [3.05, 3.63) is 53.0 Å². The molecule has 0 aromatic heterocycles. The number of hydrogen-bond donors (Lipinski definition) is 1. The fourth-order valence-electron chi connectivity index (χ4n) is 2.86. The number of carbonyl (C=O) groups is 2. The summed E-state index contributed by atoms with van der Waals surface area (Å²) in [6.07, 6.45) is 1.08. The Balaban J connectivity index is 1.71. The molecule has 1 saturated heterocycles. The topological polar surface area (TPSA) is 71.0 Å². The van der Waals surface area contributed by atoms with Crippen molar-refractivity contribution < 1.29 is 14.3 Å². The van der Waals surface area contributed by atoms with Crippen LogP contribution in [0.1, 0.15) is 26.7 Å². The fraction of sp³-hybridized carbons (Fsp3) is 0.318. The molecule has 1 aliphatic rings. The third kappa shape index (κ3) is 5.86. The Kier molecular flexibility index (Phi) is 7.93. The van der Waals surface area contributed by atoms with Crippen molar-refractivity contribution in [3.63, 3.8) is 0 Å². The Labute approximate surface area is 189 Å². The number of carbonyl (C=O) groups excluding carboxylic acids is 2. The highest BCUT2D eigenvalue weighted by atomic mass is 79.9. The summed E-state index contributed by atoms with van der Waals surface area (Å²) in [6.45, 7) is 5.11. The van der Waals surface area contributed by atoms with Gasteiger partial charge in [-0.25, -0.2) is 4.99 Å². The van der Waals surface area contributed by atoms with Gasteiger partial charge in [0.2, 0.25) is 11.8 Å². The van der Waals surface area contributed by atoms with Gasteiger partial charge in [-0.3, -0.25) is 14.5 Å². The van der Waals surface area contributed by atoms with Gasteiger partial charge in [0.15, 0.2) is 5.17 Å². The minimum absolute atomic E-state index is 0.101. The van der Waals surface area contributed by atoms with Crippen LogP contribution < -0.4 is 10.1 Å². The molecule has 2 aromatic carbocycles. The summed E-state index contributed by atoms with van der Waals surface area (Å²) in [4.78, 5) is 31.7. The SMILES string of the molecule is CCCOc1ccc(NC(=O)C2CC(=O)N(CC)C(=Nc3ccc(Br)cc3)S2)cc1. The lowest BCUT2D eigenvalue weighted by molar-refractivity contribution is -0.129. The third-order valence-electron chi connectivity index (χ3n) is 4.39. The Morgan fingerprint density at radius 2 is 1.90 bits per heavy atom. The second-order valence-electron chi connectivity index (χ2n) is 6.68. The normalized spacial score (nSPS) is 17.8. The molecule has 2 aromatic rings. The van der Waals surface area contributed by atoms with Crippen LogP contribution in [0.4, 0.5) is 11.4 Å². The van der Waals surface area contributed by atoms with Crippen LogP contribution in [-0.4, -0.2) is 40.3 Å². The summed E-state index contributed by atoms with van der Waals surface area (Å²) in [7, 11) is 0. The molecule has 1 heterocycles. The monoisotopic (exact) mass is 489 g/mol. The molecule has 1 atom stereocenters. The number of halogens is 1. The first-order chi connectivity index (χ1) is 14.5. The van der Waals surface area contributed by atoms with Crippen LogP contribution in [0.3, 0.4) is 0 Å². The molecule has 0 aliphatic carbocycles. The molecule has 1 aliphatic heterocycles. The molecule has 30 heavy (non-hydrogen) atoms. The average molecular weight is 490 g/mol. The molecular formula is C22H24BrN3O3S. The molecule has 2 amide bonds. The lowest BCUT2D eigenvalue weighted by atomic mass is 10.2. The molecule has 0 saturated carbocycles. The Hall–Kier alpha value is -2.32. The number of nitrogens with zero attached hydrogens (tertiary/aromatic N) is 2. The van der Waals surface area contributed by atoms with Gasteiger partial charge in [-0.2, -0.15) is 0 Å². The highest BCUT2D eigenvalue weighted by molar-refractivity contribution is 9.10. The zero-order valence-corrected chi connectivity index (χ0v) is 19.3. The summed E-state index contributed by atoms with van der Waals surface area (Å²) >= 11 is 4.72. The Bertz CT molecular complexity index is 916. The van der Waals surface area contributed by atoms with Gasteiger partial charge in [0.05, 0.1) is 12.3 Å². The van der Waals surface area contributed by atoms with E-state index in [1.165, 1.54) is 11.8 Å². The van der Waals surface area contributed by atoms with Crippen LogP contribution in [0.15, 0.2) is 58.0 Å². The van der Waals surface area contributed by atoms with E-state index in [1.807, 2.05) is 50.2 Å². The van der Waals surface area contributed by atoms with Crippen molar-refractivity contribution in [1.29, 1.82) is 0 Å². The summed E-state index contributed by atoms with van der Waals surface area (Å²) in [5.74, 6) is 0.449. The average Bonchev–Trinajstić information content (AvgIpc) is 2.74. The summed E-state index contributed by atoms with van der Waals surface area (Å²) in [5.41, 5.74) is 1.40. The van der Waals surface area contributed by atoms with Crippen LogP contribution >= 0.6 is 27.7 Å². The van der Waals surface area contributed by atoms with Crippen molar-refractivity contribution in [2.75, 3.05) is 18.5 Å². The van der Waals surface area contributed by atoms with Crippen LogP contribution in [0.2, 0.25) is 0 Å². The molecule has 0 bridgehead atoms. The number of thioether (sulfide) groups is 1. The van der Waals surface area contributed by atoms with E-state index in [2.05, 4.69) is 26.2 Å². The lowest BCUT2D eigenvalue weighted by Crippen LogP contribution is -2.45. The first-order valence-corrected chi connectivity index (χ1v) is 11.5. The van der Waals surface area contributed by atoms with E-state index in [1.54, 1.807) is 17.0 Å². The number of ether oxygens (including phenoxy) is 1. The van der Waals surface area contributed by atoms with Gasteiger partial charge < -0.3 is 10.1 Å². The highest BCUT2D eigenvalue weighted by Crippen LogP contribution is 2.30. The van der Waals surface area contributed by atoms with Gasteiger partial charge in [0, 0.05) is 23.1 Å². The number of benzene rings is 2. The first-order valence-electron chi connectivity index (χ1n) is 9.85. The largest absolute Gasteiger partial charge is 0.494 e. The van der Waals surface area contributed by atoms with Gasteiger partial charge >= 0.3 is 0 Å². The number of anilines is 1. The van der Waals surface area contributed by atoms with E-state index in [4.69, 9.17) is 4.74 Å². The van der Waals surface area contributed by atoms with Gasteiger partial charge in [-0.15, -0.1) is 0 Å². The number of rotatable bonds is 7. The second-order valence-corrected chi connectivity index (χ2v) is 8.77. The molecule has 0 radical (unpaired) electrons. The molecule has 158 valence electrons. The molecule has 1 N–H and O–H groups in total. The van der Waals surface area contributed by atoms with E-state index in [0.717, 1.165) is 22.3 Å². The van der Waals surface area contributed by atoms with Crippen molar-refractivity contribution >= 4 is 56.0 Å². The molecule has 3 rings (SSSR count). The van der Waals surface area contributed by atoms with Gasteiger partial charge in [-0.1, -0.05) is 34.6 Å². The Morgan fingerprint density at radius 3 is 2.53 bits per heavy atom. The maximum absolute atomic E-state index is 12.8. The molecule has 0 spiro atoms. The number of amides is 2. The van der Waals surface area contributed by atoms with Crippen LogP contribution in [-0.2, 0) is 9.59 Å². The van der Waals surface area contributed by atoms with E-state index in [0.29, 0.717) is 24.0 Å². The number of nitrogens with one attached hydrogen (secondary N) is 1. The molecule has 1 fully saturated rings. The van der Waals surface area contributed by atoms with Crippen LogP contribution in [0.25, 0.3) is 0 Å². The van der Waals surface area contributed by atoms with Crippen molar-refractivity contribution in [1.82, 2.24) is 4.90 Å². The quantitative estimate of drug-likeness (QED) is 0.578. The van der Waals surface area contributed by atoms with E-state index in [-0.39, 0.29) is 18.2 Å². The molecule has 1 unspecified atom stereocenters. The number of amidine groups is 1. The zero-order chi connectivity index (χ0) is 21.5. The van der Waals surface area contributed by atoms with Crippen LogP contribution in [0, 0.1) is 0 Å². The van der Waals surface area contributed by atoms with Crippen molar-refractivity contribution in [3.8, 4) is 5.75 Å². The minimum atomic E-state index is -0.537. The van der Waals surface area contributed by atoms with E-state index >= 15 is 0 Å². The third-order valence-corrected chi connectivity index (χ3v) is 6.11. The van der Waals surface area contributed by atoms with E-state index < -0.39 is 5.25 Å². The first kappa shape index (κ1) is 22.4. The van der Waals surface area contributed by atoms with Gasteiger partial charge in [0.25, 0.3) is 0 Å². The molecular weight excluding hydrogens is 466 g/mol. The number of aliphatic imine (C=N–C) groups is 1. The fourth-order valence-corrected chi connectivity index (χ4v) is 4.28. The smallest absolute Gasteiger partial charge is 0.238 e. The zero-order valence-electron chi connectivity index (χ0n) is 16.9. The van der Waals surface area contributed by atoms with Gasteiger partial charge in [-0.05, 0) is 61.9 Å². The summed E-state index contributed by atoms with van der Waals surface area (Å²) < 4.78 is 6.52. The predicted octanol–water partition coefficient (Wildman–Crippen LogP) is 5.22. The summed E-state index contributed by atoms with van der Waals surface area (Å²) in [5, 5.41) is 2.90. The standard InChI is InChI=1S/C22H24BrN3O3S/c1-3-13-29-18-11-9-16(10-12-18)24-21(28)19-14-20(27)26(4-2)22(30-19)25-17-7-5-15(23)6-8-17/h5-12,19H,3-4,13-14H2,1-2H3,(H,24,28). The Morgan fingerprint density at radius 1 is 1.20 bits per heavy atom. The van der Waals surface area contributed by atoms with Crippen molar-refractivity contribution in [2.45, 2.75) is 31.9 Å². The number of hydrogen-bond acceptors (Lipinski definition) is 5. The van der Waals surface area contributed by atoms with Gasteiger partial charge in [0.1, 0.15) is 11.0 Å². The molecule has 6 nitrogen and oxygen atoms in total. The maximum Gasteiger partial charge on any atom is 0.238 e. The molecule has 8 heteroatoms. The highest BCUT2D eigenvalue weighted by Gasteiger charge is 2.35. The second kappa shape index (κ2) is 10.6. The van der Waals surface area contributed by atoms with Crippen LogP contribution in [0.5, 0.6) is 5.75 Å². The minimum Gasteiger partial charge on any atom is -0.494 e. The lowest BCUT2D eigenvalue weighted by Gasteiger charge is -2.30. The predicted molar refractivity (Wildman–Crippen MR) is 125 cm³/mol. The maximum atomic E-state index is 12.8. The van der Waals surface area contributed by atoms with E-state index in [9.17, 15) is 9.59 Å². The summed E-state index contributed by atoms with van der Waals surface area (Å²) in [6, 6.07) is 14.8.